The first kappa shape index (κ1) is 9.15. The number of urea groups is 1. The minimum atomic E-state index is -0.416. The third kappa shape index (κ3) is 1.50. The van der Waals surface area contributed by atoms with Crippen molar-refractivity contribution >= 4 is 17.8 Å². The molecule has 73 valence electrons. The molecule has 3 unspecified atom stereocenters. The first-order valence-corrected chi connectivity index (χ1v) is 5.43. The van der Waals surface area contributed by atoms with Crippen molar-refractivity contribution in [3.8, 4) is 0 Å². The van der Waals surface area contributed by atoms with Gasteiger partial charge in [-0.25, -0.2) is 4.79 Å². The molecule has 0 aromatic rings. The minimum absolute atomic E-state index is 0.0780. The van der Waals surface area contributed by atoms with Gasteiger partial charge in [0.05, 0.1) is 23.4 Å². The summed E-state index contributed by atoms with van der Waals surface area (Å²) in [5, 5.41) is 15.4. The first-order valence-electron chi connectivity index (χ1n) is 4.38. The fraction of sp³-hybridized carbons (Fsp3) is 0.750. The molecule has 2 rings (SSSR count). The smallest absolute Gasteiger partial charge is 0.315 e. The monoisotopic (exact) mass is 201 g/mol. The van der Waals surface area contributed by atoms with E-state index in [1.165, 1.54) is 0 Å². The molecule has 0 aliphatic carbocycles. The number of amides is 2. The average Bonchev–Trinajstić information content (AvgIpc) is 2.61. The Balaban J connectivity index is 2.04. The molecule has 2 aliphatic rings. The highest BCUT2D eigenvalue weighted by molar-refractivity contribution is 8.00. The lowest BCUT2D eigenvalue weighted by Crippen LogP contribution is -2.42. The maximum Gasteiger partial charge on any atom is 0.315 e. The van der Waals surface area contributed by atoms with Crippen LogP contribution in [0.15, 0.2) is 0 Å². The molecule has 0 bridgehead atoms. The van der Waals surface area contributed by atoms with Crippen LogP contribution in [0.1, 0.15) is 6.42 Å². The number of aliphatic hydroxyl groups is 1. The normalized spacial score (nSPS) is 39.5. The predicted molar refractivity (Wildman–Crippen MR) is 51.5 cm³/mol. The van der Waals surface area contributed by atoms with Crippen molar-refractivity contribution in [3.63, 3.8) is 0 Å². The van der Waals surface area contributed by atoms with Crippen LogP contribution in [0.3, 0.4) is 0 Å². The molecule has 13 heavy (non-hydrogen) atoms. The molecule has 3 N–H and O–H groups in total. The summed E-state index contributed by atoms with van der Waals surface area (Å²) in [5.41, 5.74) is 0. The van der Waals surface area contributed by atoms with Crippen molar-refractivity contribution in [2.45, 2.75) is 29.9 Å². The summed E-state index contributed by atoms with van der Waals surface area (Å²) in [6.45, 7) is 3.67. The van der Waals surface area contributed by atoms with E-state index in [-0.39, 0.29) is 23.4 Å². The molecule has 4 atom stereocenters. The Morgan fingerprint density at radius 3 is 3.15 bits per heavy atom. The molecule has 2 saturated heterocycles. The van der Waals surface area contributed by atoms with Gasteiger partial charge in [0.15, 0.2) is 0 Å². The minimum Gasteiger partial charge on any atom is -0.392 e. The molecule has 0 aromatic carbocycles. The van der Waals surface area contributed by atoms with Crippen LogP contribution in [-0.4, -0.2) is 40.3 Å². The van der Waals surface area contributed by atoms with Gasteiger partial charge >= 0.3 is 6.03 Å². The Morgan fingerprint density at radius 1 is 1.69 bits per heavy atom. The highest BCUT2D eigenvalue weighted by Crippen LogP contribution is 2.32. The summed E-state index contributed by atoms with van der Waals surface area (Å²) in [6, 6.07) is 0.148. The lowest BCUT2D eigenvalue weighted by Gasteiger charge is -2.21. The van der Waals surface area contributed by atoms with Gasteiger partial charge in [-0.1, -0.05) is 6.92 Å². The van der Waals surface area contributed by atoms with E-state index in [4.69, 9.17) is 0 Å². The van der Waals surface area contributed by atoms with Gasteiger partial charge in [-0.2, -0.15) is 11.8 Å². The number of carbonyl (C=O) groups excluding carboxylic acids is 1. The Bertz CT molecular complexity index is 224. The standard InChI is InChI=1S/C8H13N2O2S/c1-2-5(11)7-6-4(3-13-7)9-8(12)10-6/h4-7,11H,1-3H2,(H2,9,10,12)/t4?,5-,6?,7?/m0/s1. The van der Waals surface area contributed by atoms with Crippen LogP contribution in [0.5, 0.6) is 0 Å². The Labute approximate surface area is 81.5 Å². The third-order valence-corrected chi connectivity index (χ3v) is 4.09. The van der Waals surface area contributed by atoms with Crippen molar-refractivity contribution in [1.29, 1.82) is 0 Å². The number of thioether (sulfide) groups is 1. The number of aliphatic hydroxyl groups excluding tert-OH is 1. The Kier molecular flexibility index (Phi) is 2.38. The van der Waals surface area contributed by atoms with Crippen molar-refractivity contribution in [2.75, 3.05) is 5.75 Å². The Hall–Kier alpha value is -0.420. The average molecular weight is 201 g/mol. The summed E-state index contributed by atoms with van der Waals surface area (Å²) in [6.07, 6.45) is 0.0803. The van der Waals surface area contributed by atoms with Gasteiger partial charge in [-0.3, -0.25) is 0 Å². The van der Waals surface area contributed by atoms with Crippen molar-refractivity contribution in [3.05, 3.63) is 6.92 Å². The summed E-state index contributed by atoms with van der Waals surface area (Å²) in [4.78, 5) is 11.0. The number of hydrogen-bond acceptors (Lipinski definition) is 3. The van der Waals surface area contributed by atoms with Crippen molar-refractivity contribution < 1.29 is 9.90 Å². The number of hydrogen-bond donors (Lipinski definition) is 3. The van der Waals surface area contributed by atoms with Gasteiger partial charge in [0.1, 0.15) is 0 Å². The largest absolute Gasteiger partial charge is 0.392 e. The molecular formula is C8H13N2O2S. The van der Waals surface area contributed by atoms with Crippen LogP contribution in [0.25, 0.3) is 0 Å². The van der Waals surface area contributed by atoms with E-state index in [0.717, 1.165) is 5.75 Å². The molecular weight excluding hydrogens is 188 g/mol. The molecule has 2 amide bonds. The second-order valence-electron chi connectivity index (χ2n) is 3.40. The fourth-order valence-corrected chi connectivity index (χ4v) is 3.38. The number of fused-ring (bicyclic) bond motifs is 1. The van der Waals surface area contributed by atoms with Crippen LogP contribution in [-0.2, 0) is 0 Å². The van der Waals surface area contributed by atoms with E-state index < -0.39 is 6.10 Å². The van der Waals surface area contributed by atoms with E-state index >= 15 is 0 Å². The quantitative estimate of drug-likeness (QED) is 0.539. The van der Waals surface area contributed by atoms with Crippen LogP contribution < -0.4 is 10.6 Å². The van der Waals surface area contributed by atoms with Crippen LogP contribution in [0.4, 0.5) is 4.79 Å². The van der Waals surface area contributed by atoms with E-state index in [2.05, 4.69) is 17.6 Å². The first-order chi connectivity index (χ1) is 6.22. The van der Waals surface area contributed by atoms with Crippen LogP contribution in [0, 0.1) is 6.92 Å². The maximum atomic E-state index is 11.0. The van der Waals surface area contributed by atoms with Gasteiger partial charge in [0.2, 0.25) is 0 Å². The fourth-order valence-electron chi connectivity index (χ4n) is 1.84. The molecule has 0 saturated carbocycles. The van der Waals surface area contributed by atoms with E-state index in [1.807, 2.05) is 0 Å². The summed E-state index contributed by atoms with van der Waals surface area (Å²) in [5.74, 6) is 0.880. The zero-order chi connectivity index (χ0) is 9.42. The maximum absolute atomic E-state index is 11.0. The van der Waals surface area contributed by atoms with Gasteiger partial charge in [0, 0.05) is 5.75 Å². The molecule has 1 radical (unpaired) electrons. The zero-order valence-electron chi connectivity index (χ0n) is 7.19. The number of carbonyl (C=O) groups is 1. The summed E-state index contributed by atoms with van der Waals surface area (Å²) >= 11 is 1.70. The molecule has 4 nitrogen and oxygen atoms in total. The number of nitrogens with one attached hydrogen (secondary N) is 2. The van der Waals surface area contributed by atoms with E-state index in [9.17, 15) is 9.90 Å². The second-order valence-corrected chi connectivity index (χ2v) is 4.62. The predicted octanol–water partition coefficient (Wildman–Crippen LogP) is -0.263. The lowest BCUT2D eigenvalue weighted by atomic mass is 10.0. The molecule has 2 heterocycles. The van der Waals surface area contributed by atoms with E-state index in [1.54, 1.807) is 11.8 Å². The molecule has 2 aliphatic heterocycles. The van der Waals surface area contributed by atoms with Gasteiger partial charge < -0.3 is 15.7 Å². The molecule has 2 fully saturated rings. The molecule has 0 spiro atoms. The van der Waals surface area contributed by atoms with Crippen LogP contribution in [0.2, 0.25) is 0 Å². The molecule has 5 heteroatoms. The van der Waals surface area contributed by atoms with Crippen molar-refractivity contribution in [1.82, 2.24) is 10.6 Å². The van der Waals surface area contributed by atoms with Gasteiger partial charge in [-0.05, 0) is 6.42 Å². The number of rotatable bonds is 2. The topological polar surface area (TPSA) is 61.4 Å². The second kappa shape index (κ2) is 3.38. The van der Waals surface area contributed by atoms with Gasteiger partial charge in [-0.15, -0.1) is 0 Å². The highest BCUT2D eigenvalue weighted by Gasteiger charge is 2.45. The zero-order valence-corrected chi connectivity index (χ0v) is 8.01. The van der Waals surface area contributed by atoms with E-state index in [0.29, 0.717) is 6.42 Å². The lowest BCUT2D eigenvalue weighted by molar-refractivity contribution is 0.163. The van der Waals surface area contributed by atoms with Crippen molar-refractivity contribution in [2.24, 2.45) is 0 Å². The van der Waals surface area contributed by atoms with Gasteiger partial charge in [0.25, 0.3) is 0 Å². The highest BCUT2D eigenvalue weighted by atomic mass is 32.2. The summed E-state index contributed by atoms with van der Waals surface area (Å²) in [7, 11) is 0. The Morgan fingerprint density at radius 2 is 2.46 bits per heavy atom. The molecule has 0 aromatic heterocycles. The SMILES string of the molecule is [CH2]C[C@H](O)C1SCC2NC(=O)NC21. The summed E-state index contributed by atoms with van der Waals surface area (Å²) < 4.78 is 0. The van der Waals surface area contributed by atoms with Crippen LogP contribution >= 0.6 is 11.8 Å². The third-order valence-electron chi connectivity index (χ3n) is 2.54.